The van der Waals surface area contributed by atoms with Gasteiger partial charge in [-0.1, -0.05) is 0 Å². The fourth-order valence-electron chi connectivity index (χ4n) is 2.42. The van der Waals surface area contributed by atoms with Crippen LogP contribution in [0.4, 0.5) is 0 Å². The number of aryl methyl sites for hydroxylation is 1. The minimum atomic E-state index is -0.0796. The van der Waals surface area contributed by atoms with Gasteiger partial charge >= 0.3 is 0 Å². The number of hydrogen-bond acceptors (Lipinski definition) is 7. The van der Waals surface area contributed by atoms with Gasteiger partial charge in [-0.05, 0) is 25.1 Å². The smallest absolute Gasteiger partial charge is 0.173 e. The Balaban J connectivity index is 1.69. The average molecular weight is 351 g/mol. The maximum atomic E-state index is 12.8. The highest BCUT2D eigenvalue weighted by Crippen LogP contribution is 2.24. The molecule has 0 bridgehead atoms. The fourth-order valence-corrected chi connectivity index (χ4v) is 3.19. The molecule has 0 saturated heterocycles. The van der Waals surface area contributed by atoms with Crippen LogP contribution >= 0.6 is 11.3 Å². The second-order valence-electron chi connectivity index (χ2n) is 5.39. The molecule has 0 aliphatic rings. The van der Waals surface area contributed by atoms with E-state index in [0.717, 1.165) is 10.7 Å². The second kappa shape index (κ2) is 6.40. The molecule has 0 fully saturated rings. The molecule has 4 aromatic heterocycles. The lowest BCUT2D eigenvalue weighted by Crippen LogP contribution is -2.07. The van der Waals surface area contributed by atoms with Crippen molar-refractivity contribution in [3.8, 4) is 11.5 Å². The lowest BCUT2D eigenvalue weighted by molar-refractivity contribution is 0.0993. The van der Waals surface area contributed by atoms with E-state index in [1.54, 1.807) is 36.8 Å². The van der Waals surface area contributed by atoms with E-state index in [2.05, 4.69) is 20.1 Å². The Bertz CT molecular complexity index is 1040. The predicted molar refractivity (Wildman–Crippen MR) is 92.2 cm³/mol. The molecule has 0 atom stereocenters. The summed E-state index contributed by atoms with van der Waals surface area (Å²) < 4.78 is 7.32. The first kappa shape index (κ1) is 15.4. The van der Waals surface area contributed by atoms with Crippen molar-refractivity contribution in [3.63, 3.8) is 0 Å². The van der Waals surface area contributed by atoms with Crippen molar-refractivity contribution < 1.29 is 9.53 Å². The van der Waals surface area contributed by atoms with Crippen LogP contribution in [-0.4, -0.2) is 30.3 Å². The molecule has 0 amide bonds. The quantitative estimate of drug-likeness (QED) is 0.514. The molecule has 0 N–H and O–H groups in total. The van der Waals surface area contributed by atoms with Gasteiger partial charge in [-0.3, -0.25) is 9.78 Å². The number of carbonyl (C=O) groups excluding carboxylic acids is 1. The van der Waals surface area contributed by atoms with Crippen molar-refractivity contribution in [3.05, 3.63) is 64.8 Å². The number of Topliss-reactive ketones (excluding diaryl/α,β-unsaturated/α-hetero) is 1. The van der Waals surface area contributed by atoms with E-state index in [4.69, 9.17) is 4.74 Å². The van der Waals surface area contributed by atoms with Crippen LogP contribution in [-0.2, 0) is 6.42 Å². The van der Waals surface area contributed by atoms with Gasteiger partial charge in [0.15, 0.2) is 11.4 Å². The molecule has 0 unspecified atom stereocenters. The Hall–Kier alpha value is -3.13. The number of rotatable bonds is 5. The summed E-state index contributed by atoms with van der Waals surface area (Å²) in [6, 6.07) is 5.25. The highest BCUT2D eigenvalue weighted by Gasteiger charge is 2.17. The van der Waals surface area contributed by atoms with Crippen LogP contribution in [0.15, 0.2) is 48.5 Å². The van der Waals surface area contributed by atoms with Crippen molar-refractivity contribution >= 4 is 22.8 Å². The van der Waals surface area contributed by atoms with E-state index >= 15 is 0 Å². The molecule has 124 valence electrons. The molecule has 8 heteroatoms. The summed E-state index contributed by atoms with van der Waals surface area (Å²) in [5.41, 5.74) is 1.86. The summed E-state index contributed by atoms with van der Waals surface area (Å²) in [7, 11) is 0. The van der Waals surface area contributed by atoms with Crippen LogP contribution in [0.25, 0.3) is 5.65 Å². The maximum absolute atomic E-state index is 12.8. The summed E-state index contributed by atoms with van der Waals surface area (Å²) in [4.78, 5) is 25.3. The summed E-state index contributed by atoms with van der Waals surface area (Å²) in [6.45, 7) is 1.91. The third-order valence-electron chi connectivity index (χ3n) is 3.50. The predicted octanol–water partition coefficient (Wildman–Crippen LogP) is 3.11. The van der Waals surface area contributed by atoms with Crippen molar-refractivity contribution in [2.24, 2.45) is 0 Å². The number of carbonyl (C=O) groups is 1. The molecular weight excluding hydrogens is 338 g/mol. The fraction of sp³-hybridized carbons (Fsp3) is 0.118. The zero-order chi connectivity index (χ0) is 17.2. The third-order valence-corrected chi connectivity index (χ3v) is 4.47. The molecular formula is C17H13N5O2S. The van der Waals surface area contributed by atoms with Crippen LogP contribution in [0.5, 0.6) is 11.5 Å². The summed E-state index contributed by atoms with van der Waals surface area (Å²) in [5, 5.41) is 6.82. The molecule has 4 heterocycles. The van der Waals surface area contributed by atoms with Gasteiger partial charge in [-0.15, -0.1) is 11.3 Å². The topological polar surface area (TPSA) is 82.3 Å². The van der Waals surface area contributed by atoms with Gasteiger partial charge in [0.05, 0.1) is 24.4 Å². The van der Waals surface area contributed by atoms with Crippen LogP contribution in [0.3, 0.4) is 0 Å². The second-order valence-corrected chi connectivity index (χ2v) is 6.33. The largest absolute Gasteiger partial charge is 0.454 e. The Labute approximate surface area is 147 Å². The number of fused-ring (bicyclic) bond motifs is 1. The molecule has 0 radical (unpaired) electrons. The number of hydrogen-bond donors (Lipinski definition) is 0. The normalized spacial score (nSPS) is 10.9. The Morgan fingerprint density at radius 2 is 2.28 bits per heavy atom. The minimum Gasteiger partial charge on any atom is -0.454 e. The SMILES string of the molecule is Cc1csc(CC(=O)c2cc(Oc3cccnc3)cn3ncnc23)n1. The van der Waals surface area contributed by atoms with Crippen LogP contribution in [0, 0.1) is 6.92 Å². The molecule has 0 aliphatic heterocycles. The highest BCUT2D eigenvalue weighted by atomic mass is 32.1. The highest BCUT2D eigenvalue weighted by molar-refractivity contribution is 7.09. The molecule has 0 saturated carbocycles. The number of thiazole rings is 1. The number of pyridine rings is 2. The lowest BCUT2D eigenvalue weighted by Gasteiger charge is -2.08. The van der Waals surface area contributed by atoms with E-state index in [-0.39, 0.29) is 12.2 Å². The van der Waals surface area contributed by atoms with Crippen molar-refractivity contribution in [1.29, 1.82) is 0 Å². The van der Waals surface area contributed by atoms with Crippen LogP contribution in [0.2, 0.25) is 0 Å². The zero-order valence-electron chi connectivity index (χ0n) is 13.3. The van der Waals surface area contributed by atoms with Crippen LogP contribution in [0.1, 0.15) is 21.1 Å². The van der Waals surface area contributed by atoms with E-state index in [0.29, 0.717) is 22.7 Å². The number of ether oxygens (including phenoxy) is 1. The minimum absolute atomic E-state index is 0.0796. The molecule has 0 spiro atoms. The van der Waals surface area contributed by atoms with Gasteiger partial charge in [0.1, 0.15) is 22.8 Å². The summed E-state index contributed by atoms with van der Waals surface area (Å²) in [6.07, 6.45) is 6.58. The first-order valence-corrected chi connectivity index (χ1v) is 8.42. The van der Waals surface area contributed by atoms with Crippen molar-refractivity contribution in [1.82, 2.24) is 24.6 Å². The van der Waals surface area contributed by atoms with E-state index in [1.165, 1.54) is 22.2 Å². The Kier molecular flexibility index (Phi) is 3.95. The van der Waals surface area contributed by atoms with Crippen LogP contribution < -0.4 is 4.74 Å². The standard InChI is InChI=1S/C17H13N5O2S/c1-11-9-25-16(21-11)6-15(23)14-5-13(8-22-17(14)19-10-20-22)24-12-3-2-4-18-7-12/h2-5,7-10H,6H2,1H3. The first-order chi connectivity index (χ1) is 12.2. The molecule has 7 nitrogen and oxygen atoms in total. The number of nitrogens with zero attached hydrogens (tertiary/aromatic N) is 5. The Morgan fingerprint density at radius 1 is 1.36 bits per heavy atom. The molecule has 0 aliphatic carbocycles. The average Bonchev–Trinajstić information content (AvgIpc) is 3.23. The number of ketones is 1. The van der Waals surface area contributed by atoms with E-state index in [1.807, 2.05) is 12.3 Å². The van der Waals surface area contributed by atoms with Gasteiger partial charge < -0.3 is 4.74 Å². The zero-order valence-corrected chi connectivity index (χ0v) is 14.1. The first-order valence-electron chi connectivity index (χ1n) is 7.54. The van der Waals surface area contributed by atoms with Crippen molar-refractivity contribution in [2.45, 2.75) is 13.3 Å². The monoisotopic (exact) mass is 351 g/mol. The molecule has 25 heavy (non-hydrogen) atoms. The van der Waals surface area contributed by atoms with Gasteiger partial charge in [0.25, 0.3) is 0 Å². The van der Waals surface area contributed by atoms with Gasteiger partial charge in [0, 0.05) is 17.3 Å². The third kappa shape index (κ3) is 3.24. The summed E-state index contributed by atoms with van der Waals surface area (Å²) in [5.74, 6) is 0.990. The molecule has 0 aromatic carbocycles. The Morgan fingerprint density at radius 3 is 3.04 bits per heavy atom. The molecule has 4 rings (SSSR count). The van der Waals surface area contributed by atoms with Gasteiger partial charge in [-0.2, -0.15) is 5.10 Å². The van der Waals surface area contributed by atoms with Crippen molar-refractivity contribution in [2.75, 3.05) is 0 Å². The van der Waals surface area contributed by atoms with E-state index < -0.39 is 0 Å². The summed E-state index contributed by atoms with van der Waals surface area (Å²) >= 11 is 1.47. The maximum Gasteiger partial charge on any atom is 0.173 e. The number of aromatic nitrogens is 5. The lowest BCUT2D eigenvalue weighted by atomic mass is 10.1. The van der Waals surface area contributed by atoms with Gasteiger partial charge in [0.2, 0.25) is 0 Å². The van der Waals surface area contributed by atoms with Gasteiger partial charge in [-0.25, -0.2) is 14.5 Å². The molecule has 4 aromatic rings. The van der Waals surface area contributed by atoms with E-state index in [9.17, 15) is 4.79 Å².